The highest BCUT2D eigenvalue weighted by atomic mass is 32.3. The van der Waals surface area contributed by atoms with Gasteiger partial charge < -0.3 is 4.74 Å². The van der Waals surface area contributed by atoms with Gasteiger partial charge in [-0.15, -0.1) is 8.42 Å². The minimum Gasteiger partial charge on any atom is -0.488 e. The van der Waals surface area contributed by atoms with E-state index >= 15 is 0 Å². The van der Waals surface area contributed by atoms with Gasteiger partial charge in [-0.1, -0.05) is 54.1 Å². The number of aryl methyl sites for hydroxylation is 1. The molecule has 4 aromatic rings. The highest BCUT2D eigenvalue weighted by molar-refractivity contribution is 8.32. The van der Waals surface area contributed by atoms with Crippen LogP contribution in [0, 0.1) is 6.92 Å². The van der Waals surface area contributed by atoms with E-state index in [4.69, 9.17) is 8.37 Å². The lowest BCUT2D eigenvalue weighted by Gasteiger charge is -2.35. The molecule has 35 heavy (non-hydrogen) atoms. The van der Waals surface area contributed by atoms with Crippen molar-refractivity contribution in [2.45, 2.75) is 52.9 Å². The largest absolute Gasteiger partial charge is 0.488 e. The number of hydrogen-bond donors (Lipinski definition) is 0. The van der Waals surface area contributed by atoms with Gasteiger partial charge in [0, 0.05) is 0 Å². The summed E-state index contributed by atoms with van der Waals surface area (Å²) in [6.45, 7) is 7.91. The van der Waals surface area contributed by atoms with Crippen LogP contribution in [-0.4, -0.2) is 17.6 Å². The molecule has 0 saturated heterocycles. The molecule has 0 heterocycles. The number of benzene rings is 4. The molecule has 4 rings (SSSR count). The Bertz CT molecular complexity index is 1320. The molecule has 4 nitrogen and oxygen atoms in total. The van der Waals surface area contributed by atoms with Crippen molar-refractivity contribution in [1.29, 1.82) is 0 Å². The smallest absolute Gasteiger partial charge is 0.422 e. The molecule has 4 aromatic carbocycles. The summed E-state index contributed by atoms with van der Waals surface area (Å²) in [6.07, 6.45) is 0. The SMILES string of the molecule is Cc1ccc(S(=O)(=O)[OH+]S(c2ccccc2)(c2ccccc2)c2ccc(OC(C)(C)C)cc2)cc1. The van der Waals surface area contributed by atoms with Crippen molar-refractivity contribution in [2.24, 2.45) is 0 Å². The third-order valence-electron chi connectivity index (χ3n) is 5.29. The van der Waals surface area contributed by atoms with E-state index in [-0.39, 0.29) is 10.5 Å². The van der Waals surface area contributed by atoms with E-state index in [1.165, 1.54) is 0 Å². The Kier molecular flexibility index (Phi) is 7.08. The molecule has 0 aliphatic rings. The van der Waals surface area contributed by atoms with Gasteiger partial charge in [-0.2, -0.15) is 0 Å². The van der Waals surface area contributed by atoms with E-state index in [9.17, 15) is 8.42 Å². The van der Waals surface area contributed by atoms with Gasteiger partial charge in [-0.3, -0.25) is 3.63 Å². The minimum absolute atomic E-state index is 0.180. The third kappa shape index (κ3) is 5.61. The zero-order valence-electron chi connectivity index (χ0n) is 20.4. The molecule has 0 bridgehead atoms. The highest BCUT2D eigenvalue weighted by Gasteiger charge is 2.43. The molecule has 6 heteroatoms. The Labute approximate surface area is 210 Å². The Morgan fingerprint density at radius 2 is 1.03 bits per heavy atom. The Hall–Kier alpha value is -3.06. The van der Waals surface area contributed by atoms with Crippen LogP contribution in [0.1, 0.15) is 26.3 Å². The van der Waals surface area contributed by atoms with Crippen LogP contribution in [0.2, 0.25) is 0 Å². The molecule has 0 atom stereocenters. The predicted octanol–water partition coefficient (Wildman–Crippen LogP) is 7.85. The molecule has 0 aliphatic heterocycles. The summed E-state index contributed by atoms with van der Waals surface area (Å²) in [5.41, 5.74) is 0.645. The lowest BCUT2D eigenvalue weighted by molar-refractivity contribution is 0.131. The first-order chi connectivity index (χ1) is 16.6. The second kappa shape index (κ2) is 9.90. The van der Waals surface area contributed by atoms with Crippen molar-refractivity contribution in [3.63, 3.8) is 0 Å². The van der Waals surface area contributed by atoms with Crippen LogP contribution in [-0.2, 0) is 10.1 Å². The van der Waals surface area contributed by atoms with Crippen molar-refractivity contribution < 1.29 is 16.8 Å². The Morgan fingerprint density at radius 1 is 0.600 bits per heavy atom. The molecule has 182 valence electrons. The van der Waals surface area contributed by atoms with Gasteiger partial charge in [0.15, 0.2) is 0 Å². The molecule has 0 fully saturated rings. The molecular weight excluding hydrogens is 476 g/mol. The molecule has 1 N–H and O–H groups in total. The fraction of sp³-hybridized carbons (Fsp3) is 0.172. The average molecular weight is 508 g/mol. The number of ether oxygens (including phenoxy) is 1. The van der Waals surface area contributed by atoms with E-state index in [2.05, 4.69) is 0 Å². The second-order valence-corrected chi connectivity index (χ2v) is 13.8. The van der Waals surface area contributed by atoms with E-state index in [1.807, 2.05) is 113 Å². The summed E-state index contributed by atoms with van der Waals surface area (Å²) in [6, 6.07) is 33.8. The highest BCUT2D eigenvalue weighted by Crippen LogP contribution is 2.68. The molecule has 0 saturated carbocycles. The maximum absolute atomic E-state index is 13.8. The maximum atomic E-state index is 13.8. The molecule has 0 aliphatic carbocycles. The van der Waals surface area contributed by atoms with Crippen LogP contribution in [0.5, 0.6) is 5.75 Å². The van der Waals surface area contributed by atoms with Crippen LogP contribution in [0.4, 0.5) is 0 Å². The molecule has 0 unspecified atom stereocenters. The van der Waals surface area contributed by atoms with Gasteiger partial charge in [-0.25, -0.2) is 0 Å². The quantitative estimate of drug-likeness (QED) is 0.189. The summed E-state index contributed by atoms with van der Waals surface area (Å²) >= 11 is 0. The topological polar surface area (TPSA) is 56.2 Å². The molecule has 0 aromatic heterocycles. The van der Waals surface area contributed by atoms with Gasteiger partial charge in [0.1, 0.15) is 16.2 Å². The normalized spacial score (nSPS) is 12.8. The lowest BCUT2D eigenvalue weighted by atomic mass is 10.2. The summed E-state index contributed by atoms with van der Waals surface area (Å²) in [4.78, 5) is 2.67. The van der Waals surface area contributed by atoms with Crippen LogP contribution < -0.4 is 4.74 Å². The fourth-order valence-electron chi connectivity index (χ4n) is 3.73. The van der Waals surface area contributed by atoms with Crippen LogP contribution in [0.25, 0.3) is 0 Å². The maximum Gasteiger partial charge on any atom is 0.422 e. The van der Waals surface area contributed by atoms with Gasteiger partial charge >= 0.3 is 10.1 Å². The van der Waals surface area contributed by atoms with Crippen molar-refractivity contribution in [2.75, 3.05) is 0 Å². The second-order valence-electron chi connectivity index (χ2n) is 9.25. The van der Waals surface area contributed by atoms with E-state index in [1.54, 1.807) is 24.3 Å². The van der Waals surface area contributed by atoms with E-state index in [0.29, 0.717) is 0 Å². The molecule has 0 amide bonds. The summed E-state index contributed by atoms with van der Waals surface area (Å²) in [7, 11) is -6.51. The standard InChI is InChI=1S/C29H30O4S2/c1-23-15-19-28(20-16-23)35(30,31)33-34(25-11-7-5-8-12-25,26-13-9-6-10-14-26)27-21-17-24(18-22-27)32-29(2,3)4/h5-22H,1-4H3/p+1. The minimum atomic E-state index is -3.99. The van der Waals surface area contributed by atoms with Gasteiger partial charge in [0.05, 0.1) is 25.0 Å². The first-order valence-corrected chi connectivity index (χ1v) is 14.4. The van der Waals surface area contributed by atoms with Crippen LogP contribution in [0.15, 0.2) is 129 Å². The van der Waals surface area contributed by atoms with Crippen LogP contribution >= 0.6 is 10.3 Å². The first kappa shape index (κ1) is 25.0. The van der Waals surface area contributed by atoms with Gasteiger partial charge in [-0.05, 0) is 88.4 Å². The van der Waals surface area contributed by atoms with Crippen LogP contribution in [0.3, 0.4) is 0 Å². The predicted molar refractivity (Wildman–Crippen MR) is 143 cm³/mol. The fourth-order valence-corrected chi connectivity index (χ4v) is 9.21. The van der Waals surface area contributed by atoms with E-state index < -0.39 is 20.4 Å². The Morgan fingerprint density at radius 3 is 1.49 bits per heavy atom. The monoisotopic (exact) mass is 507 g/mol. The Balaban J connectivity index is 1.94. The van der Waals surface area contributed by atoms with Crippen molar-refractivity contribution in [1.82, 2.24) is 0 Å². The van der Waals surface area contributed by atoms with Gasteiger partial charge in [0.25, 0.3) is 0 Å². The molecular formula is C29H31O4S2+. The lowest BCUT2D eigenvalue weighted by Crippen LogP contribution is -2.23. The number of hydrogen-bond acceptors (Lipinski definition) is 3. The summed E-state index contributed by atoms with van der Waals surface area (Å²) < 4.78 is 38.3. The third-order valence-corrected chi connectivity index (χ3v) is 10.7. The summed E-state index contributed by atoms with van der Waals surface area (Å²) in [5, 5.41) is 0. The van der Waals surface area contributed by atoms with Gasteiger partial charge in [0.2, 0.25) is 0 Å². The van der Waals surface area contributed by atoms with E-state index in [0.717, 1.165) is 26.0 Å². The summed E-state index contributed by atoms with van der Waals surface area (Å²) in [5.74, 6) is 0.720. The molecule has 0 radical (unpaired) electrons. The van der Waals surface area contributed by atoms with Crippen molar-refractivity contribution >= 4 is 20.4 Å². The van der Waals surface area contributed by atoms with Crippen molar-refractivity contribution in [3.05, 3.63) is 115 Å². The zero-order valence-corrected chi connectivity index (χ0v) is 22.0. The van der Waals surface area contributed by atoms with Crippen molar-refractivity contribution in [3.8, 4) is 5.75 Å². The first-order valence-electron chi connectivity index (χ1n) is 11.4. The zero-order chi connectivity index (χ0) is 25.1. The average Bonchev–Trinajstić information content (AvgIpc) is 2.83. The number of rotatable bonds is 7. The molecule has 0 spiro atoms.